The Bertz CT molecular complexity index is 844. The van der Waals surface area contributed by atoms with Gasteiger partial charge in [0.15, 0.2) is 0 Å². The molecule has 3 rings (SSSR count). The van der Waals surface area contributed by atoms with E-state index in [-0.39, 0.29) is 12.1 Å². The zero-order valence-electron chi connectivity index (χ0n) is 12.5. The number of pyridine rings is 1. The first-order chi connectivity index (χ1) is 11.1. The lowest BCUT2D eigenvalue weighted by Gasteiger charge is -2.08. The number of benzene rings is 1. The van der Waals surface area contributed by atoms with Crippen LogP contribution in [0.5, 0.6) is 0 Å². The number of aryl methyl sites for hydroxylation is 1. The number of amides is 1. The molecule has 0 saturated heterocycles. The number of aromatic nitrogens is 3. The number of nitrogens with zero attached hydrogens (tertiary/aromatic N) is 3. The van der Waals surface area contributed by atoms with Crippen LogP contribution in [0.4, 0.5) is 4.39 Å². The third kappa shape index (κ3) is 3.26. The van der Waals surface area contributed by atoms with Crippen molar-refractivity contribution in [3.8, 4) is 11.3 Å². The molecule has 3 aromatic rings. The molecule has 0 bridgehead atoms. The second kappa shape index (κ2) is 6.39. The first kappa shape index (κ1) is 14.9. The summed E-state index contributed by atoms with van der Waals surface area (Å²) in [5.41, 5.74) is 2.69. The Balaban J connectivity index is 1.73. The second-order valence-electron chi connectivity index (χ2n) is 5.08. The van der Waals surface area contributed by atoms with Gasteiger partial charge in [0.2, 0.25) is 0 Å². The Kier molecular flexibility index (Phi) is 4.14. The Morgan fingerprint density at radius 2 is 2.09 bits per heavy atom. The summed E-state index contributed by atoms with van der Waals surface area (Å²) < 4.78 is 15.3. The van der Waals surface area contributed by atoms with Crippen molar-refractivity contribution in [1.29, 1.82) is 0 Å². The van der Waals surface area contributed by atoms with Gasteiger partial charge < -0.3 is 5.32 Å². The van der Waals surface area contributed by atoms with Gasteiger partial charge in [-0.05, 0) is 29.8 Å². The molecule has 2 aromatic heterocycles. The van der Waals surface area contributed by atoms with Crippen molar-refractivity contribution < 1.29 is 9.18 Å². The van der Waals surface area contributed by atoms with Gasteiger partial charge in [0.05, 0.1) is 11.3 Å². The number of hydrogen-bond donors (Lipinski definition) is 1. The van der Waals surface area contributed by atoms with Crippen LogP contribution >= 0.6 is 0 Å². The van der Waals surface area contributed by atoms with Gasteiger partial charge in [0.1, 0.15) is 5.82 Å². The van der Waals surface area contributed by atoms with E-state index in [4.69, 9.17) is 0 Å². The van der Waals surface area contributed by atoms with Crippen LogP contribution < -0.4 is 5.32 Å². The van der Waals surface area contributed by atoms with Crippen molar-refractivity contribution in [1.82, 2.24) is 20.1 Å². The molecule has 0 spiro atoms. The smallest absolute Gasteiger partial charge is 0.254 e. The molecule has 23 heavy (non-hydrogen) atoms. The van der Waals surface area contributed by atoms with Crippen LogP contribution in [0.1, 0.15) is 15.9 Å². The minimum atomic E-state index is -0.535. The molecule has 116 valence electrons. The Morgan fingerprint density at radius 1 is 1.26 bits per heavy atom. The van der Waals surface area contributed by atoms with Gasteiger partial charge in [-0.1, -0.05) is 12.1 Å². The standard InChI is InChI=1S/C17H15FN4O/c1-22-16(6-7-21-22)13-8-12(9-19-11-13)10-20-17(23)14-4-2-3-5-15(14)18/h2-9,11H,10H2,1H3,(H,20,23). The number of carbonyl (C=O) groups excluding carboxylic acids is 1. The zero-order valence-corrected chi connectivity index (χ0v) is 12.5. The van der Waals surface area contributed by atoms with Crippen LogP contribution in [0.2, 0.25) is 0 Å². The maximum absolute atomic E-state index is 13.6. The lowest BCUT2D eigenvalue weighted by molar-refractivity contribution is 0.0947. The maximum Gasteiger partial charge on any atom is 0.254 e. The molecule has 0 fully saturated rings. The normalized spacial score (nSPS) is 10.5. The lowest BCUT2D eigenvalue weighted by atomic mass is 10.1. The summed E-state index contributed by atoms with van der Waals surface area (Å²) >= 11 is 0. The summed E-state index contributed by atoms with van der Waals surface area (Å²) in [5, 5.41) is 6.83. The molecule has 0 radical (unpaired) electrons. The van der Waals surface area contributed by atoms with E-state index in [1.54, 1.807) is 35.4 Å². The molecule has 0 atom stereocenters. The Morgan fingerprint density at radius 3 is 2.83 bits per heavy atom. The van der Waals surface area contributed by atoms with Gasteiger partial charge >= 0.3 is 0 Å². The van der Waals surface area contributed by atoms with Crippen LogP contribution in [0.15, 0.2) is 55.0 Å². The highest BCUT2D eigenvalue weighted by Gasteiger charge is 2.11. The number of halogens is 1. The molecular formula is C17H15FN4O. The van der Waals surface area contributed by atoms with Gasteiger partial charge in [-0.2, -0.15) is 5.10 Å². The predicted molar refractivity (Wildman–Crippen MR) is 84.0 cm³/mol. The van der Waals surface area contributed by atoms with E-state index in [1.807, 2.05) is 19.2 Å². The fourth-order valence-electron chi connectivity index (χ4n) is 2.30. The molecule has 1 N–H and O–H groups in total. The quantitative estimate of drug-likeness (QED) is 0.805. The van der Waals surface area contributed by atoms with Crippen LogP contribution in [0, 0.1) is 5.82 Å². The summed E-state index contributed by atoms with van der Waals surface area (Å²) in [6.07, 6.45) is 5.11. The van der Waals surface area contributed by atoms with Gasteiger partial charge in [0.25, 0.3) is 5.91 Å². The molecule has 0 aliphatic rings. The van der Waals surface area contributed by atoms with E-state index in [0.29, 0.717) is 0 Å². The van der Waals surface area contributed by atoms with Gasteiger partial charge in [0, 0.05) is 37.7 Å². The van der Waals surface area contributed by atoms with Crippen molar-refractivity contribution in [3.05, 3.63) is 71.9 Å². The topological polar surface area (TPSA) is 59.8 Å². The molecule has 0 saturated carbocycles. The van der Waals surface area contributed by atoms with Gasteiger partial charge in [-0.25, -0.2) is 4.39 Å². The minimum Gasteiger partial charge on any atom is -0.348 e. The summed E-state index contributed by atoms with van der Waals surface area (Å²) in [7, 11) is 1.85. The van der Waals surface area contributed by atoms with Crippen molar-refractivity contribution in [2.75, 3.05) is 0 Å². The zero-order chi connectivity index (χ0) is 16.2. The average Bonchev–Trinajstić information content (AvgIpc) is 2.99. The molecule has 0 aliphatic heterocycles. The highest BCUT2D eigenvalue weighted by Crippen LogP contribution is 2.18. The van der Waals surface area contributed by atoms with Crippen molar-refractivity contribution in [3.63, 3.8) is 0 Å². The van der Waals surface area contributed by atoms with E-state index in [9.17, 15) is 9.18 Å². The Labute approximate surface area is 132 Å². The van der Waals surface area contributed by atoms with Gasteiger partial charge in [-0.3, -0.25) is 14.5 Å². The molecular weight excluding hydrogens is 295 g/mol. The Hall–Kier alpha value is -3.02. The molecule has 2 heterocycles. The van der Waals surface area contributed by atoms with Crippen molar-refractivity contribution in [2.45, 2.75) is 6.54 Å². The number of carbonyl (C=O) groups is 1. The highest BCUT2D eigenvalue weighted by atomic mass is 19.1. The average molecular weight is 310 g/mol. The first-order valence-corrected chi connectivity index (χ1v) is 7.10. The fraction of sp³-hybridized carbons (Fsp3) is 0.118. The SMILES string of the molecule is Cn1nccc1-c1cncc(CNC(=O)c2ccccc2F)c1. The van der Waals surface area contributed by atoms with E-state index < -0.39 is 11.7 Å². The third-order valence-corrected chi connectivity index (χ3v) is 3.48. The predicted octanol–water partition coefficient (Wildman–Crippen LogP) is 2.55. The van der Waals surface area contributed by atoms with Crippen molar-refractivity contribution >= 4 is 5.91 Å². The molecule has 1 aromatic carbocycles. The molecule has 0 aliphatic carbocycles. The van der Waals surface area contributed by atoms with Crippen molar-refractivity contribution in [2.24, 2.45) is 7.05 Å². The number of rotatable bonds is 4. The first-order valence-electron chi connectivity index (χ1n) is 7.10. The van der Waals surface area contributed by atoms with Crippen LogP contribution in [-0.4, -0.2) is 20.7 Å². The number of nitrogens with one attached hydrogen (secondary N) is 1. The molecule has 1 amide bonds. The molecule has 5 nitrogen and oxygen atoms in total. The highest BCUT2D eigenvalue weighted by molar-refractivity contribution is 5.94. The summed E-state index contributed by atoms with van der Waals surface area (Å²) in [6.45, 7) is 0.270. The fourth-order valence-corrected chi connectivity index (χ4v) is 2.30. The van der Waals surface area contributed by atoms with Crippen LogP contribution in [0.25, 0.3) is 11.3 Å². The second-order valence-corrected chi connectivity index (χ2v) is 5.08. The minimum absolute atomic E-state index is 0.0308. The van der Waals surface area contributed by atoms with E-state index in [0.717, 1.165) is 16.8 Å². The van der Waals surface area contributed by atoms with E-state index >= 15 is 0 Å². The summed E-state index contributed by atoms with van der Waals surface area (Å²) in [4.78, 5) is 16.2. The monoisotopic (exact) mass is 310 g/mol. The van der Waals surface area contributed by atoms with Crippen LogP contribution in [0.3, 0.4) is 0 Å². The summed E-state index contributed by atoms with van der Waals surface area (Å²) in [6, 6.07) is 9.70. The maximum atomic E-state index is 13.6. The van der Waals surface area contributed by atoms with Gasteiger partial charge in [-0.15, -0.1) is 0 Å². The number of hydrogen-bond acceptors (Lipinski definition) is 3. The molecule has 0 unspecified atom stereocenters. The van der Waals surface area contributed by atoms with E-state index in [2.05, 4.69) is 15.4 Å². The largest absolute Gasteiger partial charge is 0.348 e. The summed E-state index contributed by atoms with van der Waals surface area (Å²) in [5.74, 6) is -0.985. The third-order valence-electron chi connectivity index (χ3n) is 3.48. The molecule has 6 heteroatoms. The van der Waals surface area contributed by atoms with E-state index in [1.165, 1.54) is 12.1 Å². The lowest BCUT2D eigenvalue weighted by Crippen LogP contribution is -2.23. The van der Waals surface area contributed by atoms with Crippen LogP contribution in [-0.2, 0) is 13.6 Å².